The van der Waals surface area contributed by atoms with Gasteiger partial charge in [0, 0.05) is 45.0 Å². The van der Waals surface area contributed by atoms with Crippen molar-refractivity contribution in [2.45, 2.75) is 45.1 Å². The van der Waals surface area contributed by atoms with Gasteiger partial charge >= 0.3 is 6.18 Å². The first-order chi connectivity index (χ1) is 16.7. The number of hydrogen-bond acceptors (Lipinski definition) is 4. The molecule has 9 heteroatoms. The minimum Gasteiger partial charge on any atom is -0.355 e. The molecule has 5 nitrogen and oxygen atoms in total. The number of aryl methyl sites for hydroxylation is 2. The summed E-state index contributed by atoms with van der Waals surface area (Å²) in [7, 11) is 1.92. The van der Waals surface area contributed by atoms with E-state index in [0.717, 1.165) is 55.2 Å². The Morgan fingerprint density at radius 2 is 1.71 bits per heavy atom. The maximum Gasteiger partial charge on any atom is 0.416 e. The lowest BCUT2D eigenvalue weighted by molar-refractivity contribution is -0.138. The van der Waals surface area contributed by atoms with E-state index in [4.69, 9.17) is 11.6 Å². The van der Waals surface area contributed by atoms with Crippen molar-refractivity contribution >= 4 is 23.1 Å². The summed E-state index contributed by atoms with van der Waals surface area (Å²) in [6.45, 7) is 5.24. The molecule has 3 heterocycles. The fourth-order valence-corrected chi connectivity index (χ4v) is 5.72. The molecular weight excluding hydrogens is 475 g/mol. The van der Waals surface area contributed by atoms with Crippen LogP contribution in [0.5, 0.6) is 0 Å². The number of hydrogen-bond donors (Lipinski definition) is 0. The number of aromatic nitrogens is 2. The summed E-state index contributed by atoms with van der Waals surface area (Å²) >= 11 is 6.51. The highest BCUT2D eigenvalue weighted by Crippen LogP contribution is 2.37. The van der Waals surface area contributed by atoms with Gasteiger partial charge in [-0.1, -0.05) is 48.0 Å². The van der Waals surface area contributed by atoms with Crippen LogP contribution in [-0.4, -0.2) is 40.5 Å². The maximum atomic E-state index is 13.7. The summed E-state index contributed by atoms with van der Waals surface area (Å²) in [4.78, 5) is 6.77. The molecule has 35 heavy (non-hydrogen) atoms. The van der Waals surface area contributed by atoms with Crippen molar-refractivity contribution in [3.8, 4) is 0 Å². The summed E-state index contributed by atoms with van der Waals surface area (Å²) in [5.74, 6) is 0.956. The summed E-state index contributed by atoms with van der Waals surface area (Å²) in [6, 6.07) is 14.3. The van der Waals surface area contributed by atoms with Gasteiger partial charge in [-0.3, -0.25) is 9.58 Å². The lowest BCUT2D eigenvalue weighted by Gasteiger charge is -2.45. The average molecular weight is 504 g/mol. The van der Waals surface area contributed by atoms with Crippen LogP contribution in [0, 0.1) is 6.92 Å². The predicted molar refractivity (Wildman–Crippen MR) is 133 cm³/mol. The molecule has 0 saturated carbocycles. The van der Waals surface area contributed by atoms with Crippen molar-refractivity contribution in [1.29, 1.82) is 0 Å². The average Bonchev–Trinajstić information content (AvgIpc) is 3.09. The molecule has 0 N–H and O–H groups in total. The highest BCUT2D eigenvalue weighted by atomic mass is 35.5. The van der Waals surface area contributed by atoms with Crippen molar-refractivity contribution in [2.75, 3.05) is 29.6 Å². The second kappa shape index (κ2) is 9.39. The molecule has 3 aromatic rings. The van der Waals surface area contributed by atoms with Crippen LogP contribution in [0.25, 0.3) is 0 Å². The number of nitrogens with zero attached hydrogens (tertiary/aromatic N) is 5. The zero-order valence-corrected chi connectivity index (χ0v) is 20.6. The van der Waals surface area contributed by atoms with E-state index in [1.54, 1.807) is 12.1 Å². The molecule has 186 valence electrons. The van der Waals surface area contributed by atoms with Crippen LogP contribution < -0.4 is 9.80 Å². The number of piperidine rings is 1. The normalized spacial score (nSPS) is 17.7. The van der Waals surface area contributed by atoms with E-state index in [-0.39, 0.29) is 6.54 Å². The lowest BCUT2D eigenvalue weighted by atomic mass is 9.99. The Hall–Kier alpha value is -2.71. The van der Waals surface area contributed by atoms with Crippen molar-refractivity contribution in [3.63, 3.8) is 0 Å². The maximum absolute atomic E-state index is 13.7. The van der Waals surface area contributed by atoms with Crippen LogP contribution in [-0.2, 0) is 26.3 Å². The van der Waals surface area contributed by atoms with Crippen LogP contribution in [0.1, 0.15) is 35.2 Å². The lowest BCUT2D eigenvalue weighted by Crippen LogP contribution is -2.51. The summed E-state index contributed by atoms with van der Waals surface area (Å²) in [5.41, 5.74) is 2.72. The molecule has 1 aromatic heterocycles. The number of alkyl halides is 3. The molecule has 5 rings (SSSR count). The Bertz CT molecular complexity index is 1200. The minimum absolute atomic E-state index is 0.214. The molecule has 1 fully saturated rings. The van der Waals surface area contributed by atoms with Gasteiger partial charge in [0.25, 0.3) is 0 Å². The van der Waals surface area contributed by atoms with E-state index in [0.29, 0.717) is 23.3 Å². The van der Waals surface area contributed by atoms with Crippen molar-refractivity contribution < 1.29 is 13.2 Å². The first kappa shape index (κ1) is 24.0. The van der Waals surface area contributed by atoms with Gasteiger partial charge in [0.05, 0.1) is 17.9 Å². The molecule has 1 saturated heterocycles. The number of fused-ring (bicyclic) bond motifs is 1. The van der Waals surface area contributed by atoms with Gasteiger partial charge in [-0.05, 0) is 43.0 Å². The van der Waals surface area contributed by atoms with Gasteiger partial charge in [-0.2, -0.15) is 18.3 Å². The Morgan fingerprint density at radius 3 is 2.40 bits per heavy atom. The molecule has 0 unspecified atom stereocenters. The fourth-order valence-electron chi connectivity index (χ4n) is 5.44. The molecule has 0 atom stereocenters. The topological polar surface area (TPSA) is 27.5 Å². The van der Waals surface area contributed by atoms with Crippen LogP contribution >= 0.6 is 11.6 Å². The van der Waals surface area contributed by atoms with Gasteiger partial charge in [0.15, 0.2) is 0 Å². The van der Waals surface area contributed by atoms with E-state index in [1.807, 2.05) is 36.9 Å². The molecule has 0 bridgehead atoms. The van der Waals surface area contributed by atoms with E-state index in [1.165, 1.54) is 12.1 Å². The predicted octanol–water partition coefficient (Wildman–Crippen LogP) is 5.85. The number of benzene rings is 2. The molecule has 0 amide bonds. The van der Waals surface area contributed by atoms with Crippen LogP contribution in [0.4, 0.5) is 24.7 Å². The Kier molecular flexibility index (Phi) is 6.44. The van der Waals surface area contributed by atoms with Crippen molar-refractivity contribution in [2.24, 2.45) is 7.05 Å². The summed E-state index contributed by atoms with van der Waals surface area (Å²) < 4.78 is 42.8. The second-order valence-corrected chi connectivity index (χ2v) is 9.81. The smallest absolute Gasteiger partial charge is 0.355 e. The highest BCUT2D eigenvalue weighted by molar-refractivity contribution is 6.33. The van der Waals surface area contributed by atoms with Crippen LogP contribution in [0.3, 0.4) is 0 Å². The molecule has 0 spiro atoms. The molecule has 0 radical (unpaired) electrons. The van der Waals surface area contributed by atoms with Crippen LogP contribution in [0.15, 0.2) is 48.5 Å². The fraction of sp³-hybridized carbons (Fsp3) is 0.423. The first-order valence-electron chi connectivity index (χ1n) is 11.9. The Balaban J connectivity index is 1.34. The van der Waals surface area contributed by atoms with Gasteiger partial charge in [0.1, 0.15) is 10.8 Å². The zero-order valence-electron chi connectivity index (χ0n) is 19.9. The Morgan fingerprint density at radius 1 is 1.03 bits per heavy atom. The van der Waals surface area contributed by atoms with Crippen molar-refractivity contribution in [1.82, 2.24) is 14.7 Å². The van der Waals surface area contributed by atoms with Crippen LogP contribution in [0.2, 0.25) is 5.02 Å². The van der Waals surface area contributed by atoms with Gasteiger partial charge in [-0.15, -0.1) is 0 Å². The third-order valence-electron chi connectivity index (χ3n) is 7.14. The molecular formula is C26H29ClF3N5. The molecule has 2 aliphatic heterocycles. The van der Waals surface area contributed by atoms with Gasteiger partial charge in [-0.25, -0.2) is 0 Å². The SMILES string of the molecule is Cc1nn(C)c(N2CCC(N3Cc4ccccc4N(Cc4ccccc4C(F)(F)F)C3)CC2)c1Cl. The van der Waals surface area contributed by atoms with E-state index >= 15 is 0 Å². The van der Waals surface area contributed by atoms with E-state index in [9.17, 15) is 13.2 Å². The Labute approximate surface area is 208 Å². The van der Waals surface area contributed by atoms with E-state index in [2.05, 4.69) is 25.9 Å². The number of rotatable bonds is 4. The summed E-state index contributed by atoms with van der Waals surface area (Å²) in [5, 5.41) is 5.14. The number of halogens is 4. The molecule has 0 aliphatic carbocycles. The monoisotopic (exact) mass is 503 g/mol. The third-order valence-corrected chi connectivity index (χ3v) is 7.59. The molecule has 2 aliphatic rings. The first-order valence-corrected chi connectivity index (χ1v) is 12.3. The minimum atomic E-state index is -4.37. The highest BCUT2D eigenvalue weighted by Gasteiger charge is 2.35. The second-order valence-electron chi connectivity index (χ2n) is 9.43. The van der Waals surface area contributed by atoms with Gasteiger partial charge in [0.2, 0.25) is 0 Å². The molecule has 2 aromatic carbocycles. The zero-order chi connectivity index (χ0) is 24.7. The summed E-state index contributed by atoms with van der Waals surface area (Å²) in [6.07, 6.45) is -2.46. The standard InChI is InChI=1S/C26H29ClF3N5/c1-18-24(27)25(32(2)31-18)33-13-11-21(12-14-33)34-16-20-8-4-6-10-23(20)35(17-34)15-19-7-3-5-9-22(19)26(28,29)30/h3-10,21H,11-17H2,1-2H3. The van der Waals surface area contributed by atoms with Crippen molar-refractivity contribution in [3.05, 3.63) is 75.9 Å². The largest absolute Gasteiger partial charge is 0.416 e. The van der Waals surface area contributed by atoms with Gasteiger partial charge < -0.3 is 9.80 Å². The third kappa shape index (κ3) is 4.74. The van der Waals surface area contributed by atoms with E-state index < -0.39 is 11.7 Å². The quantitative estimate of drug-likeness (QED) is 0.446. The number of anilines is 2. The number of para-hydroxylation sites is 1.